The molecule has 2 atom stereocenters. The van der Waals surface area contributed by atoms with Crippen molar-refractivity contribution in [1.82, 2.24) is 9.80 Å². The Balaban J connectivity index is 2.71. The summed E-state index contributed by atoms with van der Waals surface area (Å²) in [5.41, 5.74) is 0. The van der Waals surface area contributed by atoms with E-state index >= 15 is 0 Å². The summed E-state index contributed by atoms with van der Waals surface area (Å²) >= 11 is 5.49. The lowest BCUT2D eigenvalue weighted by atomic mass is 10.0. The van der Waals surface area contributed by atoms with Crippen molar-refractivity contribution in [2.45, 2.75) is 26.3 Å². The molecule has 1 fully saturated rings. The van der Waals surface area contributed by atoms with Crippen molar-refractivity contribution in [3.8, 4) is 0 Å². The number of amides is 2. The monoisotopic (exact) mass is 304 g/mol. The Labute approximate surface area is 123 Å². The highest BCUT2D eigenvalue weighted by Crippen LogP contribution is 2.21. The molecule has 1 rings (SSSR count). The summed E-state index contributed by atoms with van der Waals surface area (Å²) in [6, 6.07) is -0.847. The molecule has 20 heavy (non-hydrogen) atoms. The van der Waals surface area contributed by atoms with Gasteiger partial charge in [0.25, 0.3) is 0 Å². The second-order valence-electron chi connectivity index (χ2n) is 5.44. The highest BCUT2D eigenvalue weighted by molar-refractivity contribution is 6.27. The average Bonchev–Trinajstić information content (AvgIpc) is 2.85. The zero-order valence-corrected chi connectivity index (χ0v) is 12.8. The first-order valence-electron chi connectivity index (χ1n) is 6.62. The lowest BCUT2D eigenvalue weighted by Gasteiger charge is -2.29. The third kappa shape index (κ3) is 3.62. The van der Waals surface area contributed by atoms with Crippen molar-refractivity contribution in [3.63, 3.8) is 0 Å². The van der Waals surface area contributed by atoms with Crippen molar-refractivity contribution < 1.29 is 19.5 Å². The molecule has 1 saturated heterocycles. The van der Waals surface area contributed by atoms with Gasteiger partial charge in [0.05, 0.1) is 5.92 Å². The molecule has 0 aliphatic carbocycles. The van der Waals surface area contributed by atoms with Crippen LogP contribution in [0.5, 0.6) is 0 Å². The Kier molecular flexibility index (Phi) is 5.80. The van der Waals surface area contributed by atoms with Crippen LogP contribution in [0.15, 0.2) is 0 Å². The second kappa shape index (κ2) is 6.92. The molecule has 0 aromatic carbocycles. The maximum atomic E-state index is 12.3. The van der Waals surface area contributed by atoms with Gasteiger partial charge in [-0.25, -0.2) is 4.79 Å². The fourth-order valence-electron chi connectivity index (χ4n) is 2.60. The summed E-state index contributed by atoms with van der Waals surface area (Å²) in [5, 5.41) is 9.21. The van der Waals surface area contributed by atoms with Gasteiger partial charge in [0.1, 0.15) is 11.9 Å². The summed E-state index contributed by atoms with van der Waals surface area (Å²) in [4.78, 5) is 37.9. The molecule has 0 aromatic rings. The minimum absolute atomic E-state index is 0.0967. The molecule has 7 heteroatoms. The van der Waals surface area contributed by atoms with Crippen LogP contribution in [0, 0.1) is 11.8 Å². The molecule has 2 amide bonds. The molecule has 0 radical (unpaired) electrons. The predicted octanol–water partition coefficient (Wildman–Crippen LogP) is 0.641. The average molecular weight is 305 g/mol. The maximum Gasteiger partial charge on any atom is 0.326 e. The third-order valence-corrected chi connectivity index (χ3v) is 3.88. The zero-order valence-electron chi connectivity index (χ0n) is 12.0. The normalized spacial score (nSPS) is 20.1. The minimum atomic E-state index is -1.01. The smallest absolute Gasteiger partial charge is 0.326 e. The van der Waals surface area contributed by atoms with Crippen LogP contribution in [0.4, 0.5) is 0 Å². The first-order valence-corrected chi connectivity index (χ1v) is 7.16. The van der Waals surface area contributed by atoms with Crippen LogP contribution in [-0.2, 0) is 14.4 Å². The van der Waals surface area contributed by atoms with Crippen molar-refractivity contribution >= 4 is 29.4 Å². The maximum absolute atomic E-state index is 12.3. The highest BCUT2D eigenvalue weighted by Gasteiger charge is 2.37. The number of hydrogen-bond acceptors (Lipinski definition) is 3. The van der Waals surface area contributed by atoms with Gasteiger partial charge >= 0.3 is 5.97 Å². The number of likely N-dealkylation sites (tertiary alicyclic amines) is 1. The third-order valence-electron chi connectivity index (χ3n) is 3.65. The topological polar surface area (TPSA) is 77.9 Å². The number of carbonyl (C=O) groups excluding carboxylic acids is 2. The van der Waals surface area contributed by atoms with Crippen LogP contribution < -0.4 is 0 Å². The number of aliphatic carboxylic acids is 1. The standard InChI is InChI=1S/C13H21ClN2O4/c1-8(2)11(13(19)20)15(3)12(18)9-4-5-16(7-9)10(17)6-14/h8-9,11H,4-7H2,1-3H3,(H,19,20)/t9-,11-/m0/s1. The highest BCUT2D eigenvalue weighted by atomic mass is 35.5. The molecule has 6 nitrogen and oxygen atoms in total. The number of nitrogens with zero attached hydrogens (tertiary/aromatic N) is 2. The van der Waals surface area contributed by atoms with Crippen LogP contribution in [0.3, 0.4) is 0 Å². The molecule has 114 valence electrons. The molecule has 0 unspecified atom stereocenters. The SMILES string of the molecule is CC(C)[C@@H](C(=O)O)N(C)C(=O)[C@H]1CCN(C(=O)CCl)C1. The Morgan fingerprint density at radius 3 is 2.45 bits per heavy atom. The number of carboxylic acid groups (broad SMARTS) is 1. The molecular weight excluding hydrogens is 284 g/mol. The molecule has 0 saturated carbocycles. The van der Waals surface area contributed by atoms with E-state index in [4.69, 9.17) is 11.6 Å². The van der Waals surface area contributed by atoms with Crippen molar-refractivity contribution in [2.75, 3.05) is 26.0 Å². The number of carbonyl (C=O) groups is 3. The Bertz CT molecular complexity index is 400. The summed E-state index contributed by atoms with van der Waals surface area (Å²) in [6.07, 6.45) is 0.552. The van der Waals surface area contributed by atoms with E-state index in [0.29, 0.717) is 19.5 Å². The molecular formula is C13H21ClN2O4. The Morgan fingerprint density at radius 2 is 2.00 bits per heavy atom. The first-order chi connectivity index (χ1) is 9.29. The summed E-state index contributed by atoms with van der Waals surface area (Å²) in [7, 11) is 1.51. The van der Waals surface area contributed by atoms with Gasteiger partial charge in [0, 0.05) is 20.1 Å². The van der Waals surface area contributed by atoms with Gasteiger partial charge in [0.2, 0.25) is 11.8 Å². The minimum Gasteiger partial charge on any atom is -0.480 e. The van der Waals surface area contributed by atoms with Gasteiger partial charge in [-0.3, -0.25) is 9.59 Å². The van der Waals surface area contributed by atoms with E-state index in [1.54, 1.807) is 18.7 Å². The van der Waals surface area contributed by atoms with Crippen molar-refractivity contribution in [3.05, 3.63) is 0 Å². The summed E-state index contributed by atoms with van der Waals surface area (Å²) in [5.74, 6) is -2.04. The van der Waals surface area contributed by atoms with Gasteiger partial charge in [-0.05, 0) is 12.3 Å². The molecule has 0 aromatic heterocycles. The number of halogens is 1. The number of alkyl halides is 1. The van der Waals surface area contributed by atoms with Gasteiger partial charge in [-0.2, -0.15) is 0 Å². The van der Waals surface area contributed by atoms with E-state index in [1.807, 2.05) is 0 Å². The summed E-state index contributed by atoms with van der Waals surface area (Å²) < 4.78 is 0. The molecule has 0 bridgehead atoms. The van der Waals surface area contributed by atoms with E-state index in [-0.39, 0.29) is 29.5 Å². The number of carboxylic acids is 1. The fourth-order valence-corrected chi connectivity index (χ4v) is 2.77. The van der Waals surface area contributed by atoms with Gasteiger partial charge < -0.3 is 14.9 Å². The summed E-state index contributed by atoms with van der Waals surface area (Å²) in [6.45, 7) is 4.34. The van der Waals surface area contributed by atoms with Crippen LogP contribution in [0.25, 0.3) is 0 Å². The van der Waals surface area contributed by atoms with Crippen LogP contribution in [0.1, 0.15) is 20.3 Å². The lowest BCUT2D eigenvalue weighted by Crippen LogP contribution is -2.48. The quantitative estimate of drug-likeness (QED) is 0.756. The zero-order chi connectivity index (χ0) is 15.4. The largest absolute Gasteiger partial charge is 0.480 e. The van der Waals surface area contributed by atoms with Crippen molar-refractivity contribution in [2.24, 2.45) is 11.8 Å². The van der Waals surface area contributed by atoms with Gasteiger partial charge in [-0.15, -0.1) is 11.6 Å². The first kappa shape index (κ1) is 16.8. The van der Waals surface area contributed by atoms with E-state index in [1.165, 1.54) is 11.9 Å². The molecule has 1 aliphatic rings. The Hall–Kier alpha value is -1.30. The number of hydrogen-bond donors (Lipinski definition) is 1. The van der Waals surface area contributed by atoms with E-state index in [0.717, 1.165) is 0 Å². The molecule has 0 spiro atoms. The molecule has 1 aliphatic heterocycles. The van der Waals surface area contributed by atoms with Crippen LogP contribution >= 0.6 is 11.6 Å². The number of likely N-dealkylation sites (N-methyl/N-ethyl adjacent to an activating group) is 1. The van der Waals surface area contributed by atoms with Crippen molar-refractivity contribution in [1.29, 1.82) is 0 Å². The predicted molar refractivity (Wildman–Crippen MR) is 74.4 cm³/mol. The molecule has 1 heterocycles. The lowest BCUT2D eigenvalue weighted by molar-refractivity contribution is -0.152. The number of rotatable bonds is 5. The van der Waals surface area contributed by atoms with Crippen LogP contribution in [-0.4, -0.2) is 64.7 Å². The second-order valence-corrected chi connectivity index (χ2v) is 5.70. The van der Waals surface area contributed by atoms with Crippen LogP contribution in [0.2, 0.25) is 0 Å². The van der Waals surface area contributed by atoms with E-state index in [9.17, 15) is 19.5 Å². The van der Waals surface area contributed by atoms with E-state index < -0.39 is 12.0 Å². The Morgan fingerprint density at radius 1 is 1.40 bits per heavy atom. The van der Waals surface area contributed by atoms with Gasteiger partial charge in [-0.1, -0.05) is 13.8 Å². The van der Waals surface area contributed by atoms with Gasteiger partial charge in [0.15, 0.2) is 0 Å². The van der Waals surface area contributed by atoms with E-state index in [2.05, 4.69) is 0 Å². The fraction of sp³-hybridized carbons (Fsp3) is 0.769. The molecule has 1 N–H and O–H groups in total.